The van der Waals surface area contributed by atoms with Crippen molar-refractivity contribution in [2.75, 3.05) is 33.6 Å². The number of aryl methyl sites for hydroxylation is 1. The van der Waals surface area contributed by atoms with E-state index in [9.17, 15) is 14.4 Å². The number of hydrogen-bond donors (Lipinski definition) is 2. The van der Waals surface area contributed by atoms with Gasteiger partial charge in [-0.2, -0.15) is 0 Å². The molecule has 3 amide bonds. The van der Waals surface area contributed by atoms with Crippen LogP contribution in [0.3, 0.4) is 0 Å². The molecule has 3 aromatic rings. The van der Waals surface area contributed by atoms with E-state index in [-0.39, 0.29) is 57.2 Å². The maximum atomic E-state index is 13.5. The number of carbonyl (C=O) groups excluding carboxylic acids is 3. The van der Waals surface area contributed by atoms with Gasteiger partial charge in [0, 0.05) is 12.1 Å². The number of methoxy groups -OCH3 is 1. The Labute approximate surface area is 249 Å². The summed E-state index contributed by atoms with van der Waals surface area (Å²) in [5, 5.41) is 5.68. The second-order valence-corrected chi connectivity index (χ2v) is 10.8. The molecule has 2 aliphatic heterocycles. The van der Waals surface area contributed by atoms with Crippen LogP contribution in [0.1, 0.15) is 37.3 Å². The van der Waals surface area contributed by atoms with E-state index in [1.54, 1.807) is 44.4 Å². The first kappa shape index (κ1) is 29.7. The lowest BCUT2D eigenvalue weighted by Crippen LogP contribution is -2.52. The molecule has 0 saturated carbocycles. The van der Waals surface area contributed by atoms with Crippen LogP contribution in [0.2, 0.25) is 0 Å². The van der Waals surface area contributed by atoms with Gasteiger partial charge in [-0.1, -0.05) is 19.9 Å². The van der Waals surface area contributed by atoms with Gasteiger partial charge in [0.1, 0.15) is 17.5 Å². The highest BCUT2D eigenvalue weighted by atomic mass is 16.7. The van der Waals surface area contributed by atoms with Crippen LogP contribution >= 0.6 is 0 Å². The first-order valence-electron chi connectivity index (χ1n) is 14.2. The molecule has 2 N–H and O–H groups in total. The zero-order valence-corrected chi connectivity index (χ0v) is 24.7. The Balaban J connectivity index is 1.39. The van der Waals surface area contributed by atoms with Crippen LogP contribution in [0.15, 0.2) is 40.8 Å². The quantitative estimate of drug-likeness (QED) is 0.468. The molecule has 1 aromatic heterocycles. The number of nitrogens with one attached hydrogen (secondary N) is 2. The zero-order chi connectivity index (χ0) is 30.5. The number of rotatable bonds is 4. The highest BCUT2D eigenvalue weighted by molar-refractivity contribution is 5.90. The van der Waals surface area contributed by atoms with Gasteiger partial charge in [-0.3, -0.25) is 14.4 Å². The summed E-state index contributed by atoms with van der Waals surface area (Å²) in [5.41, 5.74) is 1.98. The predicted molar refractivity (Wildman–Crippen MR) is 155 cm³/mol. The molecule has 2 aliphatic rings. The molecule has 1 atom stereocenters. The number of oxazole rings is 1. The standard InChI is InChI=1S/C31H36N4O8/c1-18(2)29-30(38)32-15-22-19(3)43-31(33-22)21-7-9-23(39-4)26(14-21)40-11-5-10-35(16-27(36)34-29)28(37)13-20-6-8-24-25(12-20)42-17-41-24/h6-9,12,14,18,29H,5,10-11,13,15-17H2,1-4H3,(H,32,38)(H,34,36)/t29-/m0/s1. The van der Waals surface area contributed by atoms with Gasteiger partial charge in [0.15, 0.2) is 23.0 Å². The Bertz CT molecular complexity index is 1500. The Morgan fingerprint density at radius 1 is 1.09 bits per heavy atom. The van der Waals surface area contributed by atoms with Crippen molar-refractivity contribution < 1.29 is 37.7 Å². The molecule has 0 radical (unpaired) electrons. The van der Waals surface area contributed by atoms with Crippen molar-refractivity contribution >= 4 is 17.7 Å². The lowest BCUT2D eigenvalue weighted by atomic mass is 10.0. The van der Waals surface area contributed by atoms with Crippen molar-refractivity contribution in [1.29, 1.82) is 0 Å². The summed E-state index contributed by atoms with van der Waals surface area (Å²) >= 11 is 0. The highest BCUT2D eigenvalue weighted by Gasteiger charge is 2.27. The maximum absolute atomic E-state index is 13.5. The Kier molecular flexibility index (Phi) is 9.03. The van der Waals surface area contributed by atoms with Gasteiger partial charge in [0.05, 0.1) is 33.2 Å². The second-order valence-electron chi connectivity index (χ2n) is 10.8. The normalized spacial score (nSPS) is 17.4. The number of nitrogens with zero attached hydrogens (tertiary/aromatic N) is 2. The molecule has 2 aromatic carbocycles. The summed E-state index contributed by atoms with van der Waals surface area (Å²) in [6, 6.07) is 9.88. The smallest absolute Gasteiger partial charge is 0.243 e. The van der Waals surface area contributed by atoms with Crippen LogP contribution in [0, 0.1) is 12.8 Å². The van der Waals surface area contributed by atoms with Crippen LogP contribution in [-0.2, 0) is 27.3 Å². The molecule has 43 heavy (non-hydrogen) atoms. The van der Waals surface area contributed by atoms with E-state index in [1.165, 1.54) is 4.90 Å². The average Bonchev–Trinajstić information content (AvgIpc) is 3.61. The molecule has 0 unspecified atom stereocenters. The van der Waals surface area contributed by atoms with Crippen LogP contribution in [0.4, 0.5) is 0 Å². The van der Waals surface area contributed by atoms with Gasteiger partial charge in [-0.25, -0.2) is 4.98 Å². The van der Waals surface area contributed by atoms with Crippen LogP contribution in [-0.4, -0.2) is 67.2 Å². The monoisotopic (exact) mass is 592 g/mol. The van der Waals surface area contributed by atoms with Crippen LogP contribution in [0.25, 0.3) is 11.5 Å². The van der Waals surface area contributed by atoms with E-state index in [0.717, 1.165) is 5.56 Å². The summed E-state index contributed by atoms with van der Waals surface area (Å²) < 4.78 is 28.2. The summed E-state index contributed by atoms with van der Waals surface area (Å²) in [7, 11) is 1.55. The molecule has 0 saturated heterocycles. The first-order valence-corrected chi connectivity index (χ1v) is 14.2. The largest absolute Gasteiger partial charge is 0.493 e. The van der Waals surface area contributed by atoms with Gasteiger partial charge in [0.2, 0.25) is 30.4 Å². The lowest BCUT2D eigenvalue weighted by Gasteiger charge is -2.26. The summed E-state index contributed by atoms with van der Waals surface area (Å²) in [4.78, 5) is 45.9. The predicted octanol–water partition coefficient (Wildman–Crippen LogP) is 3.00. The fourth-order valence-electron chi connectivity index (χ4n) is 4.91. The third kappa shape index (κ3) is 7.02. The molecular formula is C31H36N4O8. The van der Waals surface area contributed by atoms with Gasteiger partial charge >= 0.3 is 0 Å². The van der Waals surface area contributed by atoms with E-state index in [4.69, 9.17) is 23.4 Å². The molecule has 12 nitrogen and oxygen atoms in total. The number of ether oxygens (including phenoxy) is 4. The Hall–Kier alpha value is -4.74. The SMILES string of the molecule is COc1ccc2cc1OCCCN(C(=O)Cc1ccc3c(c1)OCO3)CC(=O)N[C@@H](C(C)C)C(=O)NCc1nc-2oc1C. The molecule has 0 spiro atoms. The maximum Gasteiger partial charge on any atom is 0.243 e. The molecule has 228 valence electrons. The van der Waals surface area contributed by atoms with E-state index in [1.807, 2.05) is 19.9 Å². The third-order valence-corrected chi connectivity index (χ3v) is 7.31. The van der Waals surface area contributed by atoms with Crippen molar-refractivity contribution in [2.45, 2.75) is 46.2 Å². The van der Waals surface area contributed by atoms with E-state index in [2.05, 4.69) is 15.6 Å². The van der Waals surface area contributed by atoms with E-state index < -0.39 is 11.9 Å². The summed E-state index contributed by atoms with van der Waals surface area (Å²) in [6.07, 6.45) is 0.495. The van der Waals surface area contributed by atoms with Gasteiger partial charge in [-0.15, -0.1) is 0 Å². The number of aromatic nitrogens is 1. The molecule has 3 heterocycles. The number of fused-ring (bicyclic) bond motifs is 6. The van der Waals surface area contributed by atoms with Crippen LogP contribution in [0.5, 0.6) is 23.0 Å². The zero-order valence-electron chi connectivity index (χ0n) is 24.7. The minimum atomic E-state index is -0.809. The molecule has 4 bridgehead atoms. The number of hydrogen-bond acceptors (Lipinski definition) is 9. The second kappa shape index (κ2) is 13.1. The average molecular weight is 593 g/mol. The molecule has 0 fully saturated rings. The minimum absolute atomic E-state index is 0.0608. The first-order chi connectivity index (χ1) is 20.7. The number of benzene rings is 2. The Morgan fingerprint density at radius 2 is 1.91 bits per heavy atom. The topological polar surface area (TPSA) is 141 Å². The number of carbonyl (C=O) groups is 3. The van der Waals surface area contributed by atoms with Gasteiger partial charge in [-0.05, 0) is 55.2 Å². The third-order valence-electron chi connectivity index (χ3n) is 7.31. The van der Waals surface area contributed by atoms with Gasteiger partial charge in [0.25, 0.3) is 0 Å². The molecule has 5 rings (SSSR count). The lowest BCUT2D eigenvalue weighted by molar-refractivity contribution is -0.137. The molecule has 12 heteroatoms. The van der Waals surface area contributed by atoms with Gasteiger partial charge < -0.3 is 38.9 Å². The summed E-state index contributed by atoms with van der Waals surface area (Å²) in [6.45, 7) is 6.00. The van der Waals surface area contributed by atoms with Crippen molar-refractivity contribution in [3.05, 3.63) is 53.4 Å². The highest BCUT2D eigenvalue weighted by Crippen LogP contribution is 2.34. The Morgan fingerprint density at radius 3 is 2.70 bits per heavy atom. The van der Waals surface area contributed by atoms with E-state index >= 15 is 0 Å². The van der Waals surface area contributed by atoms with Crippen molar-refractivity contribution in [2.24, 2.45) is 5.92 Å². The van der Waals surface area contributed by atoms with Crippen LogP contribution < -0.4 is 29.6 Å². The fourth-order valence-corrected chi connectivity index (χ4v) is 4.91. The summed E-state index contributed by atoms with van der Waals surface area (Å²) in [5.74, 6) is 1.92. The fraction of sp³-hybridized carbons (Fsp3) is 0.419. The number of amides is 3. The minimum Gasteiger partial charge on any atom is -0.493 e. The molecular weight excluding hydrogens is 556 g/mol. The van der Waals surface area contributed by atoms with Crippen molar-refractivity contribution in [3.63, 3.8) is 0 Å². The van der Waals surface area contributed by atoms with Crippen molar-refractivity contribution in [3.8, 4) is 34.5 Å². The molecule has 0 aliphatic carbocycles. The van der Waals surface area contributed by atoms with Crippen molar-refractivity contribution in [1.82, 2.24) is 20.5 Å². The van der Waals surface area contributed by atoms with E-state index in [0.29, 0.717) is 52.3 Å².